The van der Waals surface area contributed by atoms with E-state index in [0.717, 1.165) is 28.3 Å². The number of hydrogen-bond acceptors (Lipinski definition) is 2. The van der Waals surface area contributed by atoms with E-state index in [4.69, 9.17) is 9.47 Å². The SMILES string of the molecule is CC.COc1ccc(OC)c(-c2cc3ccccc3n2C)c1C. The molecule has 2 aromatic carbocycles. The molecule has 0 aliphatic rings. The summed E-state index contributed by atoms with van der Waals surface area (Å²) >= 11 is 0. The zero-order chi connectivity index (χ0) is 17.0. The molecule has 0 fully saturated rings. The number of methoxy groups -OCH3 is 2. The first-order valence-corrected chi connectivity index (χ1v) is 7.93. The minimum absolute atomic E-state index is 0.860. The van der Waals surface area contributed by atoms with Gasteiger partial charge in [0.05, 0.1) is 19.9 Å². The van der Waals surface area contributed by atoms with E-state index < -0.39 is 0 Å². The lowest BCUT2D eigenvalue weighted by Crippen LogP contribution is -1.98. The van der Waals surface area contributed by atoms with Crippen LogP contribution in [0, 0.1) is 6.92 Å². The lowest BCUT2D eigenvalue weighted by atomic mass is 10.0. The average molecular weight is 311 g/mol. The van der Waals surface area contributed by atoms with Crippen LogP contribution >= 0.6 is 0 Å². The maximum Gasteiger partial charge on any atom is 0.128 e. The van der Waals surface area contributed by atoms with E-state index in [1.807, 2.05) is 26.0 Å². The lowest BCUT2D eigenvalue weighted by molar-refractivity contribution is 0.401. The minimum Gasteiger partial charge on any atom is -0.496 e. The van der Waals surface area contributed by atoms with Gasteiger partial charge in [0, 0.05) is 29.1 Å². The molecule has 23 heavy (non-hydrogen) atoms. The highest BCUT2D eigenvalue weighted by Crippen LogP contribution is 2.39. The van der Waals surface area contributed by atoms with Gasteiger partial charge in [-0.1, -0.05) is 32.0 Å². The van der Waals surface area contributed by atoms with E-state index in [2.05, 4.69) is 48.9 Å². The number of benzene rings is 2. The average Bonchev–Trinajstić information content (AvgIpc) is 2.93. The second-order valence-corrected chi connectivity index (χ2v) is 5.12. The Morgan fingerprint density at radius 2 is 1.48 bits per heavy atom. The minimum atomic E-state index is 0.860. The molecule has 3 aromatic rings. The normalized spacial score (nSPS) is 10.2. The number of aryl methyl sites for hydroxylation is 1. The molecular weight excluding hydrogens is 286 g/mol. The Labute approximate surface area is 138 Å². The van der Waals surface area contributed by atoms with Gasteiger partial charge in [-0.05, 0) is 31.2 Å². The molecular formula is C20H25NO2. The molecule has 0 spiro atoms. The predicted octanol–water partition coefficient (Wildman–Crippen LogP) is 5.20. The van der Waals surface area contributed by atoms with Crippen molar-refractivity contribution in [2.45, 2.75) is 20.8 Å². The summed E-state index contributed by atoms with van der Waals surface area (Å²) in [6.07, 6.45) is 0. The molecule has 3 heteroatoms. The van der Waals surface area contributed by atoms with Crippen molar-refractivity contribution in [2.75, 3.05) is 14.2 Å². The Hall–Kier alpha value is -2.42. The quantitative estimate of drug-likeness (QED) is 0.664. The van der Waals surface area contributed by atoms with Crippen LogP contribution in [0.25, 0.3) is 22.2 Å². The van der Waals surface area contributed by atoms with Crippen LogP contribution in [-0.4, -0.2) is 18.8 Å². The Balaban J connectivity index is 0.000000924. The molecule has 0 N–H and O–H groups in total. The topological polar surface area (TPSA) is 23.4 Å². The van der Waals surface area contributed by atoms with Crippen molar-refractivity contribution in [3.05, 3.63) is 48.0 Å². The maximum atomic E-state index is 5.56. The number of ether oxygens (including phenoxy) is 2. The van der Waals surface area contributed by atoms with E-state index in [1.165, 1.54) is 10.9 Å². The Morgan fingerprint density at radius 3 is 2.09 bits per heavy atom. The van der Waals surface area contributed by atoms with E-state index in [9.17, 15) is 0 Å². The molecule has 0 aliphatic heterocycles. The van der Waals surface area contributed by atoms with Crippen molar-refractivity contribution >= 4 is 10.9 Å². The number of rotatable bonds is 3. The summed E-state index contributed by atoms with van der Waals surface area (Å²) in [4.78, 5) is 0. The van der Waals surface area contributed by atoms with Crippen molar-refractivity contribution < 1.29 is 9.47 Å². The maximum absolute atomic E-state index is 5.56. The largest absolute Gasteiger partial charge is 0.496 e. The molecule has 0 amide bonds. The first-order valence-electron chi connectivity index (χ1n) is 7.93. The highest BCUT2D eigenvalue weighted by atomic mass is 16.5. The first kappa shape index (κ1) is 16.9. The Morgan fingerprint density at radius 1 is 0.870 bits per heavy atom. The lowest BCUT2D eigenvalue weighted by Gasteiger charge is -2.15. The molecule has 0 atom stereocenters. The fourth-order valence-corrected chi connectivity index (χ4v) is 2.91. The van der Waals surface area contributed by atoms with E-state index in [1.54, 1.807) is 14.2 Å². The number of para-hydroxylation sites is 1. The summed E-state index contributed by atoms with van der Waals surface area (Å²) in [6.45, 7) is 6.06. The summed E-state index contributed by atoms with van der Waals surface area (Å²) in [7, 11) is 5.48. The highest BCUT2D eigenvalue weighted by Gasteiger charge is 2.17. The Kier molecular flexibility index (Phi) is 5.32. The summed E-state index contributed by atoms with van der Waals surface area (Å²) in [5.74, 6) is 1.73. The van der Waals surface area contributed by atoms with Crippen LogP contribution in [0.5, 0.6) is 11.5 Å². The van der Waals surface area contributed by atoms with Gasteiger partial charge in [0.1, 0.15) is 11.5 Å². The van der Waals surface area contributed by atoms with E-state index in [-0.39, 0.29) is 0 Å². The van der Waals surface area contributed by atoms with Gasteiger partial charge in [0.25, 0.3) is 0 Å². The summed E-state index contributed by atoms with van der Waals surface area (Å²) < 4.78 is 13.2. The van der Waals surface area contributed by atoms with Gasteiger partial charge in [-0.2, -0.15) is 0 Å². The van der Waals surface area contributed by atoms with Crippen molar-refractivity contribution in [3.8, 4) is 22.8 Å². The third kappa shape index (κ3) is 2.91. The standard InChI is InChI=1S/C18H19NO2.C2H6/c1-12-16(20-3)9-10-17(21-4)18(12)15-11-13-7-5-6-8-14(13)19(15)2;1-2/h5-11H,1-4H3;1-2H3. The van der Waals surface area contributed by atoms with Gasteiger partial charge in [-0.25, -0.2) is 0 Å². The molecule has 122 valence electrons. The zero-order valence-corrected chi connectivity index (χ0v) is 14.8. The number of fused-ring (bicyclic) bond motifs is 1. The molecule has 0 aliphatic carbocycles. The van der Waals surface area contributed by atoms with Gasteiger partial charge >= 0.3 is 0 Å². The van der Waals surface area contributed by atoms with Crippen LogP contribution in [0.3, 0.4) is 0 Å². The van der Waals surface area contributed by atoms with Crippen LogP contribution in [0.1, 0.15) is 19.4 Å². The summed E-state index contributed by atoms with van der Waals surface area (Å²) in [5.41, 5.74) is 4.50. The second-order valence-electron chi connectivity index (χ2n) is 5.12. The van der Waals surface area contributed by atoms with Crippen LogP contribution in [-0.2, 0) is 7.05 Å². The summed E-state index contributed by atoms with van der Waals surface area (Å²) in [5, 5.41) is 1.22. The molecule has 1 aromatic heterocycles. The second kappa shape index (κ2) is 7.23. The van der Waals surface area contributed by atoms with Crippen LogP contribution in [0.2, 0.25) is 0 Å². The van der Waals surface area contributed by atoms with Gasteiger partial charge in [0.15, 0.2) is 0 Å². The number of nitrogens with zero attached hydrogens (tertiary/aromatic N) is 1. The third-order valence-corrected chi connectivity index (χ3v) is 4.02. The van der Waals surface area contributed by atoms with E-state index in [0.29, 0.717) is 0 Å². The van der Waals surface area contributed by atoms with Crippen molar-refractivity contribution in [1.82, 2.24) is 4.57 Å². The summed E-state index contributed by atoms with van der Waals surface area (Å²) in [6, 6.07) is 14.5. The smallest absolute Gasteiger partial charge is 0.128 e. The number of aromatic nitrogens is 1. The third-order valence-electron chi connectivity index (χ3n) is 4.02. The van der Waals surface area contributed by atoms with Crippen LogP contribution in [0.4, 0.5) is 0 Å². The van der Waals surface area contributed by atoms with Gasteiger partial charge < -0.3 is 14.0 Å². The zero-order valence-electron chi connectivity index (χ0n) is 14.8. The van der Waals surface area contributed by atoms with Crippen LogP contribution < -0.4 is 9.47 Å². The number of hydrogen-bond donors (Lipinski definition) is 0. The molecule has 1 heterocycles. The molecule has 3 nitrogen and oxygen atoms in total. The van der Waals surface area contributed by atoms with Gasteiger partial charge in [0.2, 0.25) is 0 Å². The first-order chi connectivity index (χ1) is 11.2. The monoisotopic (exact) mass is 311 g/mol. The fraction of sp³-hybridized carbons (Fsp3) is 0.300. The Bertz CT molecular complexity index is 803. The predicted molar refractivity (Wildman–Crippen MR) is 97.5 cm³/mol. The molecule has 0 saturated carbocycles. The highest BCUT2D eigenvalue weighted by molar-refractivity contribution is 5.89. The van der Waals surface area contributed by atoms with Crippen molar-refractivity contribution in [1.29, 1.82) is 0 Å². The van der Waals surface area contributed by atoms with Crippen molar-refractivity contribution in [2.24, 2.45) is 7.05 Å². The van der Waals surface area contributed by atoms with Crippen LogP contribution in [0.15, 0.2) is 42.5 Å². The molecule has 0 radical (unpaired) electrons. The van der Waals surface area contributed by atoms with E-state index >= 15 is 0 Å². The van der Waals surface area contributed by atoms with Gasteiger partial charge in [-0.3, -0.25) is 0 Å². The van der Waals surface area contributed by atoms with Gasteiger partial charge in [-0.15, -0.1) is 0 Å². The van der Waals surface area contributed by atoms with Crippen molar-refractivity contribution in [3.63, 3.8) is 0 Å². The molecule has 0 unspecified atom stereocenters. The molecule has 0 saturated heterocycles. The molecule has 3 rings (SSSR count). The fourth-order valence-electron chi connectivity index (χ4n) is 2.91. The molecule has 0 bridgehead atoms.